The molecular formula is C16H14FN3O3S. The summed E-state index contributed by atoms with van der Waals surface area (Å²) in [5, 5.41) is 14.7. The molecule has 1 N–H and O–H groups in total. The van der Waals surface area contributed by atoms with Gasteiger partial charge in [-0.1, -0.05) is 24.3 Å². The standard InChI is InChI=1S/C16H14FN3O3S/c17-13-7-5-12(6-8-13)11-18-20(9-10-21)16-14-3-1-2-4-15(14)24(22,23)19-16/h1-8,11,21H,9-10H2/b18-11+. The van der Waals surface area contributed by atoms with Gasteiger partial charge in [0.15, 0.2) is 5.84 Å². The summed E-state index contributed by atoms with van der Waals surface area (Å²) in [6, 6.07) is 12.1. The van der Waals surface area contributed by atoms with Crippen LogP contribution in [0.5, 0.6) is 0 Å². The van der Waals surface area contributed by atoms with Gasteiger partial charge < -0.3 is 5.11 Å². The first-order valence-electron chi connectivity index (χ1n) is 7.13. The summed E-state index contributed by atoms with van der Waals surface area (Å²) >= 11 is 0. The van der Waals surface area contributed by atoms with Gasteiger partial charge in [-0.25, -0.2) is 9.40 Å². The zero-order valence-corrected chi connectivity index (χ0v) is 13.3. The Balaban J connectivity index is 1.96. The van der Waals surface area contributed by atoms with Gasteiger partial charge in [0.1, 0.15) is 10.7 Å². The molecule has 3 rings (SSSR count). The Bertz CT molecular complexity index is 908. The van der Waals surface area contributed by atoms with Gasteiger partial charge in [-0.3, -0.25) is 0 Å². The second-order valence-corrected chi connectivity index (χ2v) is 6.60. The lowest BCUT2D eigenvalue weighted by Gasteiger charge is -2.17. The lowest BCUT2D eigenvalue weighted by atomic mass is 10.2. The molecule has 0 spiro atoms. The lowest BCUT2D eigenvalue weighted by Crippen LogP contribution is -2.28. The molecule has 124 valence electrons. The van der Waals surface area contributed by atoms with Crippen LogP contribution in [0.3, 0.4) is 0 Å². The van der Waals surface area contributed by atoms with E-state index in [2.05, 4.69) is 9.50 Å². The minimum atomic E-state index is -3.77. The van der Waals surface area contributed by atoms with Crippen molar-refractivity contribution >= 4 is 22.1 Å². The van der Waals surface area contributed by atoms with E-state index in [9.17, 15) is 17.9 Å². The van der Waals surface area contributed by atoms with Crippen LogP contribution < -0.4 is 0 Å². The molecule has 0 aliphatic carbocycles. The van der Waals surface area contributed by atoms with Crippen molar-refractivity contribution in [2.45, 2.75) is 4.90 Å². The molecule has 2 aromatic carbocycles. The van der Waals surface area contributed by atoms with Crippen LogP contribution in [0.15, 0.2) is 62.9 Å². The van der Waals surface area contributed by atoms with Crippen molar-refractivity contribution in [3.8, 4) is 0 Å². The summed E-state index contributed by atoms with van der Waals surface area (Å²) in [5.74, 6) is -0.211. The summed E-state index contributed by atoms with van der Waals surface area (Å²) in [5.41, 5.74) is 1.07. The molecule has 24 heavy (non-hydrogen) atoms. The number of rotatable bonds is 4. The number of aliphatic hydroxyl groups is 1. The second-order valence-electron chi connectivity index (χ2n) is 5.03. The van der Waals surface area contributed by atoms with Crippen LogP contribution in [0, 0.1) is 5.82 Å². The van der Waals surface area contributed by atoms with Crippen LogP contribution >= 0.6 is 0 Å². The fourth-order valence-corrected chi connectivity index (χ4v) is 3.48. The number of halogens is 1. The first-order chi connectivity index (χ1) is 11.5. The largest absolute Gasteiger partial charge is 0.394 e. The van der Waals surface area contributed by atoms with Crippen molar-refractivity contribution in [1.29, 1.82) is 0 Å². The van der Waals surface area contributed by atoms with Gasteiger partial charge in [0.25, 0.3) is 10.0 Å². The van der Waals surface area contributed by atoms with Gasteiger partial charge >= 0.3 is 0 Å². The Hall–Kier alpha value is -2.58. The van der Waals surface area contributed by atoms with Gasteiger partial charge in [0.2, 0.25) is 0 Å². The second kappa shape index (κ2) is 6.50. The van der Waals surface area contributed by atoms with Crippen LogP contribution in [0.1, 0.15) is 11.1 Å². The minimum Gasteiger partial charge on any atom is -0.394 e. The quantitative estimate of drug-likeness (QED) is 0.673. The predicted octanol–water partition coefficient (Wildman–Crippen LogP) is 1.60. The number of fused-ring (bicyclic) bond motifs is 1. The van der Waals surface area contributed by atoms with E-state index in [0.29, 0.717) is 11.1 Å². The van der Waals surface area contributed by atoms with Gasteiger partial charge in [0.05, 0.1) is 19.4 Å². The van der Waals surface area contributed by atoms with Gasteiger partial charge in [-0.2, -0.15) is 13.5 Å². The smallest absolute Gasteiger partial charge is 0.285 e. The van der Waals surface area contributed by atoms with E-state index < -0.39 is 10.0 Å². The van der Waals surface area contributed by atoms with Crippen LogP contribution in [-0.2, 0) is 10.0 Å². The number of amidine groups is 1. The fourth-order valence-electron chi connectivity index (χ4n) is 2.27. The highest BCUT2D eigenvalue weighted by molar-refractivity contribution is 7.90. The summed E-state index contributed by atoms with van der Waals surface area (Å²) in [7, 11) is -3.77. The number of aliphatic hydroxyl groups excluding tert-OH is 1. The highest BCUT2D eigenvalue weighted by atomic mass is 32.2. The molecule has 2 aromatic rings. The normalized spacial score (nSPS) is 15.3. The monoisotopic (exact) mass is 347 g/mol. The van der Waals surface area contributed by atoms with Crippen LogP contribution in [0.25, 0.3) is 0 Å². The van der Waals surface area contributed by atoms with E-state index in [-0.39, 0.29) is 29.7 Å². The highest BCUT2D eigenvalue weighted by Crippen LogP contribution is 2.27. The van der Waals surface area contributed by atoms with Gasteiger partial charge in [-0.15, -0.1) is 4.40 Å². The molecule has 0 saturated carbocycles. The molecule has 1 heterocycles. The zero-order chi connectivity index (χ0) is 17.2. The van der Waals surface area contributed by atoms with Crippen LogP contribution in [0.2, 0.25) is 0 Å². The van der Waals surface area contributed by atoms with Crippen molar-refractivity contribution in [2.24, 2.45) is 9.50 Å². The minimum absolute atomic E-state index is 0.0698. The molecule has 0 aromatic heterocycles. The highest BCUT2D eigenvalue weighted by Gasteiger charge is 2.31. The molecule has 0 unspecified atom stereocenters. The van der Waals surface area contributed by atoms with Crippen molar-refractivity contribution in [2.75, 3.05) is 13.2 Å². The molecule has 0 saturated heterocycles. The first kappa shape index (κ1) is 16.3. The molecule has 8 heteroatoms. The fraction of sp³-hybridized carbons (Fsp3) is 0.125. The Kier molecular flexibility index (Phi) is 4.41. The van der Waals surface area contributed by atoms with Crippen molar-refractivity contribution < 1.29 is 17.9 Å². The summed E-state index contributed by atoms with van der Waals surface area (Å²) < 4.78 is 40.9. The Morgan fingerprint density at radius 2 is 1.88 bits per heavy atom. The third kappa shape index (κ3) is 3.19. The summed E-state index contributed by atoms with van der Waals surface area (Å²) in [6.07, 6.45) is 1.45. The van der Waals surface area contributed by atoms with E-state index in [1.165, 1.54) is 41.6 Å². The maximum atomic E-state index is 12.9. The molecule has 0 amide bonds. The van der Waals surface area contributed by atoms with E-state index in [1.807, 2.05) is 0 Å². The summed E-state index contributed by atoms with van der Waals surface area (Å²) in [6.45, 7) is -0.164. The summed E-state index contributed by atoms with van der Waals surface area (Å²) in [4.78, 5) is 0.111. The molecule has 1 aliphatic rings. The number of sulfonamides is 1. The molecule has 1 aliphatic heterocycles. The van der Waals surface area contributed by atoms with E-state index in [1.54, 1.807) is 18.2 Å². The number of hydrogen-bond acceptors (Lipinski definition) is 5. The van der Waals surface area contributed by atoms with Crippen molar-refractivity contribution in [3.63, 3.8) is 0 Å². The third-order valence-electron chi connectivity index (χ3n) is 3.39. The Morgan fingerprint density at radius 1 is 1.17 bits per heavy atom. The maximum absolute atomic E-state index is 12.9. The molecule has 0 atom stereocenters. The average Bonchev–Trinajstić information content (AvgIpc) is 2.85. The topological polar surface area (TPSA) is 82.3 Å². The van der Waals surface area contributed by atoms with Gasteiger partial charge in [0, 0.05) is 5.56 Å². The average molecular weight is 347 g/mol. The molecule has 6 nitrogen and oxygen atoms in total. The maximum Gasteiger partial charge on any atom is 0.285 e. The van der Waals surface area contributed by atoms with E-state index >= 15 is 0 Å². The van der Waals surface area contributed by atoms with Crippen LogP contribution in [0.4, 0.5) is 4.39 Å². The predicted molar refractivity (Wildman–Crippen MR) is 88.0 cm³/mol. The zero-order valence-electron chi connectivity index (χ0n) is 12.5. The molecule has 0 radical (unpaired) electrons. The van der Waals surface area contributed by atoms with Crippen LogP contribution in [-0.4, -0.2) is 43.7 Å². The molecule has 0 bridgehead atoms. The number of benzene rings is 2. The van der Waals surface area contributed by atoms with Gasteiger partial charge in [-0.05, 0) is 29.8 Å². The molecular weight excluding hydrogens is 333 g/mol. The third-order valence-corrected chi connectivity index (χ3v) is 4.71. The number of hydrogen-bond donors (Lipinski definition) is 1. The molecule has 0 fully saturated rings. The number of nitrogens with zero attached hydrogens (tertiary/aromatic N) is 3. The van der Waals surface area contributed by atoms with Crippen molar-refractivity contribution in [3.05, 3.63) is 65.5 Å². The Labute approximate surface area is 138 Å². The van der Waals surface area contributed by atoms with Crippen molar-refractivity contribution in [1.82, 2.24) is 5.01 Å². The van der Waals surface area contributed by atoms with E-state index in [4.69, 9.17) is 0 Å². The lowest BCUT2D eigenvalue weighted by molar-refractivity contribution is 0.254. The first-order valence-corrected chi connectivity index (χ1v) is 8.57. The Morgan fingerprint density at radius 3 is 2.58 bits per heavy atom. The number of hydrazone groups is 1. The SMILES string of the molecule is O=S1(=O)N=C(N(CCO)/N=C/c2ccc(F)cc2)c2ccccc21. The van der Waals surface area contributed by atoms with E-state index in [0.717, 1.165) is 0 Å².